The second-order valence-corrected chi connectivity index (χ2v) is 9.03. The zero-order valence-corrected chi connectivity index (χ0v) is 18.2. The molecule has 1 amide bonds. The molecule has 0 saturated carbocycles. The minimum absolute atomic E-state index is 0.0111. The van der Waals surface area contributed by atoms with Crippen LogP contribution >= 0.6 is 11.6 Å². The first-order valence-electron chi connectivity index (χ1n) is 9.85. The van der Waals surface area contributed by atoms with Gasteiger partial charge in [0, 0.05) is 44.5 Å². The monoisotopic (exact) mass is 408 g/mol. The number of alkyl halides is 1. The van der Waals surface area contributed by atoms with Crippen molar-refractivity contribution in [1.82, 2.24) is 14.9 Å². The van der Waals surface area contributed by atoms with Crippen molar-refractivity contribution in [3.63, 3.8) is 0 Å². The summed E-state index contributed by atoms with van der Waals surface area (Å²) in [7, 11) is 1.52. The highest BCUT2D eigenvalue weighted by atomic mass is 35.5. The number of aromatic nitrogens is 2. The van der Waals surface area contributed by atoms with Gasteiger partial charge in [0.25, 0.3) is 0 Å². The minimum Gasteiger partial charge on any atom is -0.399 e. The molecule has 2 fully saturated rings. The van der Waals surface area contributed by atoms with Crippen LogP contribution in [0.25, 0.3) is 0 Å². The van der Waals surface area contributed by atoms with E-state index in [2.05, 4.69) is 9.97 Å². The third-order valence-electron chi connectivity index (χ3n) is 6.04. The minimum atomic E-state index is -0.460. The maximum Gasteiger partial charge on any atom is 0.498 e. The van der Waals surface area contributed by atoms with E-state index in [1.54, 1.807) is 12.4 Å². The zero-order chi connectivity index (χ0) is 20.5. The number of nitrogens with zero attached hydrogens (tertiary/aromatic N) is 4. The molecule has 9 heteroatoms. The Hall–Kier alpha value is -1.38. The van der Waals surface area contributed by atoms with Gasteiger partial charge in [0.15, 0.2) is 0 Å². The number of piperidine rings is 1. The summed E-state index contributed by atoms with van der Waals surface area (Å²) in [6, 6.07) is 0. The number of carbonyl (C=O) groups is 1. The van der Waals surface area contributed by atoms with Gasteiger partial charge in [-0.2, -0.15) is 0 Å². The fourth-order valence-corrected chi connectivity index (χ4v) is 3.79. The number of halogens is 1. The fourth-order valence-electron chi connectivity index (χ4n) is 3.62. The van der Waals surface area contributed by atoms with Crippen molar-refractivity contribution in [3.05, 3.63) is 12.4 Å². The topological polar surface area (TPSA) is 67.8 Å². The number of rotatable bonds is 5. The van der Waals surface area contributed by atoms with E-state index in [9.17, 15) is 4.79 Å². The summed E-state index contributed by atoms with van der Waals surface area (Å²) in [5.74, 6) is 1.10. The smallest absolute Gasteiger partial charge is 0.399 e. The normalized spacial score (nSPS) is 23.7. The molecule has 3 rings (SSSR count). The first-order chi connectivity index (χ1) is 13.1. The first kappa shape index (κ1) is 21.3. The largest absolute Gasteiger partial charge is 0.498 e. The Labute approximate surface area is 172 Å². The Bertz CT molecular complexity index is 685. The molecule has 2 aliphatic rings. The van der Waals surface area contributed by atoms with E-state index >= 15 is 0 Å². The SMILES string of the molecule is CN(CC1CCCN(C(=O)CCl)C1)c1ncc(B2OC(C)(C)C(C)(C)O2)cn1. The van der Waals surface area contributed by atoms with Crippen LogP contribution in [0, 0.1) is 5.92 Å². The van der Waals surface area contributed by atoms with Crippen LogP contribution in [0.5, 0.6) is 0 Å². The highest BCUT2D eigenvalue weighted by Gasteiger charge is 2.52. The highest BCUT2D eigenvalue weighted by molar-refractivity contribution is 6.61. The number of carbonyl (C=O) groups excluding carboxylic acids is 1. The lowest BCUT2D eigenvalue weighted by Crippen LogP contribution is -2.44. The molecule has 28 heavy (non-hydrogen) atoms. The van der Waals surface area contributed by atoms with Crippen molar-refractivity contribution in [3.8, 4) is 0 Å². The molecule has 0 N–H and O–H groups in total. The molecular weight excluding hydrogens is 378 g/mol. The van der Waals surface area contributed by atoms with Gasteiger partial charge in [-0.15, -0.1) is 11.6 Å². The number of hydrogen-bond donors (Lipinski definition) is 0. The van der Waals surface area contributed by atoms with E-state index in [1.165, 1.54) is 0 Å². The Balaban J connectivity index is 1.60. The zero-order valence-electron chi connectivity index (χ0n) is 17.4. The second kappa shape index (κ2) is 8.16. The van der Waals surface area contributed by atoms with Crippen LogP contribution in [-0.4, -0.2) is 71.7 Å². The van der Waals surface area contributed by atoms with Crippen molar-refractivity contribution in [2.24, 2.45) is 5.92 Å². The molecule has 1 aromatic rings. The van der Waals surface area contributed by atoms with E-state index in [0.717, 1.165) is 37.9 Å². The van der Waals surface area contributed by atoms with Crippen LogP contribution in [0.15, 0.2) is 12.4 Å². The van der Waals surface area contributed by atoms with Crippen molar-refractivity contribution in [2.45, 2.75) is 51.7 Å². The summed E-state index contributed by atoms with van der Waals surface area (Å²) < 4.78 is 12.1. The number of hydrogen-bond acceptors (Lipinski definition) is 6. The summed E-state index contributed by atoms with van der Waals surface area (Å²) in [6.45, 7) is 10.4. The molecule has 0 bridgehead atoms. The van der Waals surface area contributed by atoms with Gasteiger partial charge < -0.3 is 19.1 Å². The molecule has 0 aliphatic carbocycles. The van der Waals surface area contributed by atoms with E-state index in [0.29, 0.717) is 11.9 Å². The molecule has 1 atom stereocenters. The Kier molecular flexibility index (Phi) is 6.22. The lowest BCUT2D eigenvalue weighted by atomic mass is 9.81. The average Bonchev–Trinajstić information content (AvgIpc) is 2.88. The Morgan fingerprint density at radius 1 is 1.29 bits per heavy atom. The number of anilines is 1. The van der Waals surface area contributed by atoms with E-state index in [-0.39, 0.29) is 23.0 Å². The predicted octanol–water partition coefficient (Wildman–Crippen LogP) is 1.69. The summed E-state index contributed by atoms with van der Waals surface area (Å²) in [4.78, 5) is 24.8. The van der Waals surface area contributed by atoms with Gasteiger partial charge in [-0.1, -0.05) is 0 Å². The quantitative estimate of drug-likeness (QED) is 0.545. The summed E-state index contributed by atoms with van der Waals surface area (Å²) in [6.07, 6.45) is 5.63. The van der Waals surface area contributed by atoms with Gasteiger partial charge in [-0.25, -0.2) is 9.97 Å². The Morgan fingerprint density at radius 2 is 1.89 bits per heavy atom. The van der Waals surface area contributed by atoms with Crippen molar-refractivity contribution >= 4 is 36.0 Å². The standard InChI is InChI=1S/C19H30BClN4O3/c1-18(2)19(3,4)28-20(27-18)15-10-22-17(23-11-15)24(5)12-14-7-6-8-25(13-14)16(26)9-21/h10-11,14H,6-9,12-13H2,1-5H3. The van der Waals surface area contributed by atoms with Crippen LogP contribution in [-0.2, 0) is 14.1 Å². The lowest BCUT2D eigenvalue weighted by Gasteiger charge is -2.34. The van der Waals surface area contributed by atoms with Gasteiger partial charge in [0.05, 0.1) is 11.2 Å². The summed E-state index contributed by atoms with van der Waals surface area (Å²) >= 11 is 5.70. The van der Waals surface area contributed by atoms with Crippen LogP contribution in [0.3, 0.4) is 0 Å². The van der Waals surface area contributed by atoms with E-state index in [4.69, 9.17) is 20.9 Å². The second-order valence-electron chi connectivity index (χ2n) is 8.77. The summed E-state index contributed by atoms with van der Waals surface area (Å²) in [5.41, 5.74) is 0.0355. The maximum atomic E-state index is 11.9. The fraction of sp³-hybridized carbons (Fsp3) is 0.737. The predicted molar refractivity (Wildman–Crippen MR) is 111 cm³/mol. The van der Waals surface area contributed by atoms with E-state index < -0.39 is 7.12 Å². The van der Waals surface area contributed by atoms with Gasteiger partial charge in [0.1, 0.15) is 5.88 Å². The molecule has 1 aromatic heterocycles. The van der Waals surface area contributed by atoms with Gasteiger partial charge in [-0.3, -0.25) is 4.79 Å². The van der Waals surface area contributed by atoms with Crippen LogP contribution in [0.1, 0.15) is 40.5 Å². The van der Waals surface area contributed by atoms with Gasteiger partial charge in [-0.05, 0) is 46.5 Å². The van der Waals surface area contributed by atoms with Gasteiger partial charge in [0.2, 0.25) is 11.9 Å². The lowest BCUT2D eigenvalue weighted by molar-refractivity contribution is -0.130. The van der Waals surface area contributed by atoms with Crippen molar-refractivity contribution in [2.75, 3.05) is 37.5 Å². The molecule has 154 valence electrons. The molecule has 0 aromatic carbocycles. The summed E-state index contributed by atoms with van der Waals surface area (Å²) in [5, 5.41) is 0. The van der Waals surface area contributed by atoms with E-state index in [1.807, 2.05) is 44.5 Å². The molecular formula is C19H30BClN4O3. The molecule has 3 heterocycles. The molecule has 2 aliphatic heterocycles. The maximum absolute atomic E-state index is 11.9. The number of likely N-dealkylation sites (tertiary alicyclic amines) is 1. The molecule has 2 saturated heterocycles. The average molecular weight is 409 g/mol. The molecule has 0 spiro atoms. The highest BCUT2D eigenvalue weighted by Crippen LogP contribution is 2.36. The van der Waals surface area contributed by atoms with Crippen molar-refractivity contribution in [1.29, 1.82) is 0 Å². The van der Waals surface area contributed by atoms with Gasteiger partial charge >= 0.3 is 7.12 Å². The molecule has 1 unspecified atom stereocenters. The third kappa shape index (κ3) is 4.44. The van der Waals surface area contributed by atoms with Crippen molar-refractivity contribution < 1.29 is 14.1 Å². The molecule has 0 radical (unpaired) electrons. The number of amides is 1. The van der Waals surface area contributed by atoms with Crippen LogP contribution in [0.2, 0.25) is 0 Å². The first-order valence-corrected chi connectivity index (χ1v) is 10.4. The third-order valence-corrected chi connectivity index (χ3v) is 6.27. The van der Waals surface area contributed by atoms with Crippen LogP contribution < -0.4 is 10.4 Å². The van der Waals surface area contributed by atoms with Crippen LogP contribution in [0.4, 0.5) is 5.95 Å². The molecule has 7 nitrogen and oxygen atoms in total. The Morgan fingerprint density at radius 3 is 2.46 bits per heavy atom.